The first-order valence-corrected chi connectivity index (χ1v) is 14.4. The molecule has 1 amide bonds. The van der Waals surface area contributed by atoms with Crippen LogP contribution in [0.15, 0.2) is 54.6 Å². The first-order chi connectivity index (χ1) is 20.8. The largest absolute Gasteiger partial charge is 0.398 e. The fraction of sp³-hybridized carbons (Fsp3) is 0.344. The summed E-state index contributed by atoms with van der Waals surface area (Å²) < 4.78 is 32.9. The minimum Gasteiger partial charge on any atom is -0.398 e. The predicted molar refractivity (Wildman–Crippen MR) is 163 cm³/mol. The van der Waals surface area contributed by atoms with Crippen LogP contribution in [-0.4, -0.2) is 74.9 Å². The molecule has 0 aromatic heterocycles. The van der Waals surface area contributed by atoms with Crippen molar-refractivity contribution in [3.05, 3.63) is 88.5 Å². The van der Waals surface area contributed by atoms with E-state index in [9.17, 15) is 18.4 Å². The van der Waals surface area contributed by atoms with Crippen molar-refractivity contribution in [1.82, 2.24) is 10.2 Å². The molecule has 3 aromatic carbocycles. The van der Waals surface area contributed by atoms with Crippen molar-refractivity contribution in [2.75, 3.05) is 61.9 Å². The molecule has 0 spiro atoms. The van der Waals surface area contributed by atoms with Gasteiger partial charge in [0.15, 0.2) is 0 Å². The number of carbonyl (C=O) groups is 2. The van der Waals surface area contributed by atoms with Gasteiger partial charge in [0.05, 0.1) is 12.1 Å². The number of anilines is 3. The lowest BCUT2D eigenvalue weighted by atomic mass is 10.0. The summed E-state index contributed by atoms with van der Waals surface area (Å²) in [5, 5.41) is 14.9. The van der Waals surface area contributed by atoms with Gasteiger partial charge in [0.2, 0.25) is 0 Å². The number of hydrogen-bond donors (Lipinski definition) is 4. The highest BCUT2D eigenvalue weighted by atomic mass is 19.1. The maximum Gasteiger partial charge on any atom is 0.258 e. The fourth-order valence-corrected chi connectivity index (χ4v) is 5.53. The molecule has 2 fully saturated rings. The summed E-state index contributed by atoms with van der Waals surface area (Å²) in [6.45, 7) is 4.77. The number of nitrogens with one attached hydrogen (secondary N) is 3. The van der Waals surface area contributed by atoms with Gasteiger partial charge in [-0.15, -0.1) is 0 Å². The second-order valence-corrected chi connectivity index (χ2v) is 10.9. The summed E-state index contributed by atoms with van der Waals surface area (Å²) in [6, 6.07) is 14.1. The molecule has 2 aliphatic rings. The Morgan fingerprint density at radius 1 is 0.953 bits per heavy atom. The zero-order chi connectivity index (χ0) is 30.3. The molecule has 43 heavy (non-hydrogen) atoms. The fourth-order valence-electron chi connectivity index (χ4n) is 5.53. The van der Waals surface area contributed by atoms with E-state index in [1.54, 1.807) is 24.3 Å². The predicted octanol–water partition coefficient (Wildman–Crippen LogP) is 3.80. The lowest BCUT2D eigenvalue weighted by molar-refractivity contribution is -0.108. The van der Waals surface area contributed by atoms with Crippen LogP contribution in [0.1, 0.15) is 39.9 Å². The first-order valence-electron chi connectivity index (χ1n) is 14.4. The second-order valence-electron chi connectivity index (χ2n) is 10.9. The van der Waals surface area contributed by atoms with E-state index in [4.69, 9.17) is 15.9 Å². The number of rotatable bonds is 9. The topological polar surface area (TPSA) is 124 Å². The summed E-state index contributed by atoms with van der Waals surface area (Å²) in [7, 11) is 0. The van der Waals surface area contributed by atoms with Gasteiger partial charge < -0.3 is 30.8 Å². The Hall–Kier alpha value is -4.35. The van der Waals surface area contributed by atoms with Gasteiger partial charge in [-0.2, -0.15) is 0 Å². The third-order valence-electron chi connectivity index (χ3n) is 7.86. The SMILES string of the molecule is N=C(NC(=O)c1ccc(N2CCN(CC=O)CC2)cc1NC1CCOCC1)c1cc(Cc2cc(F)cc(F)c2)ccc1N. The molecule has 0 bridgehead atoms. The van der Waals surface area contributed by atoms with E-state index in [2.05, 4.69) is 20.4 Å². The third kappa shape index (κ3) is 7.74. The van der Waals surface area contributed by atoms with Crippen molar-refractivity contribution in [3.63, 3.8) is 0 Å². The van der Waals surface area contributed by atoms with Crippen molar-refractivity contribution in [3.8, 4) is 0 Å². The zero-order valence-electron chi connectivity index (χ0n) is 23.9. The normalized spacial score (nSPS) is 16.1. The molecule has 2 heterocycles. The maximum atomic E-state index is 13.7. The Labute approximate surface area is 249 Å². The molecule has 0 unspecified atom stereocenters. The zero-order valence-corrected chi connectivity index (χ0v) is 23.9. The lowest BCUT2D eigenvalue weighted by Gasteiger charge is -2.35. The molecule has 11 heteroatoms. The van der Waals surface area contributed by atoms with Gasteiger partial charge in [-0.1, -0.05) is 6.07 Å². The van der Waals surface area contributed by atoms with Gasteiger partial charge in [0, 0.05) is 74.1 Å². The molecule has 0 saturated carbocycles. The van der Waals surface area contributed by atoms with Crippen molar-refractivity contribution in [1.29, 1.82) is 5.41 Å². The van der Waals surface area contributed by atoms with E-state index in [1.165, 1.54) is 12.1 Å². The quantitative estimate of drug-likeness (QED) is 0.129. The van der Waals surface area contributed by atoms with Crippen LogP contribution in [0.5, 0.6) is 0 Å². The number of amides is 1. The molecular formula is C32H36F2N6O3. The molecule has 3 aromatic rings. The van der Waals surface area contributed by atoms with Crippen LogP contribution < -0.4 is 21.3 Å². The number of hydrogen-bond acceptors (Lipinski definition) is 8. The molecule has 0 aliphatic carbocycles. The smallest absolute Gasteiger partial charge is 0.258 e. The van der Waals surface area contributed by atoms with Gasteiger partial charge in [-0.05, 0) is 72.9 Å². The molecule has 226 valence electrons. The van der Waals surface area contributed by atoms with Gasteiger partial charge in [0.1, 0.15) is 23.8 Å². The van der Waals surface area contributed by atoms with Crippen LogP contribution in [0.25, 0.3) is 0 Å². The number of benzene rings is 3. The van der Waals surface area contributed by atoms with Crippen molar-refractivity contribution in [2.45, 2.75) is 25.3 Å². The van der Waals surface area contributed by atoms with Crippen LogP contribution in [0.4, 0.5) is 25.8 Å². The van der Waals surface area contributed by atoms with Crippen LogP contribution in [0.2, 0.25) is 0 Å². The van der Waals surface area contributed by atoms with E-state index in [1.807, 2.05) is 12.1 Å². The number of nitrogens with two attached hydrogens (primary N) is 1. The number of piperazine rings is 1. The molecule has 9 nitrogen and oxygen atoms in total. The second kappa shape index (κ2) is 13.7. The van der Waals surface area contributed by atoms with E-state index < -0.39 is 17.5 Å². The summed E-state index contributed by atoms with van der Waals surface area (Å²) in [6.07, 6.45) is 2.77. The van der Waals surface area contributed by atoms with Gasteiger partial charge in [-0.25, -0.2) is 8.78 Å². The molecule has 2 aliphatic heterocycles. The molecule has 2 saturated heterocycles. The maximum absolute atomic E-state index is 13.7. The lowest BCUT2D eigenvalue weighted by Crippen LogP contribution is -2.47. The number of halogens is 2. The number of carbonyl (C=O) groups excluding carboxylic acids is 2. The summed E-state index contributed by atoms with van der Waals surface area (Å²) in [5.41, 5.74) is 9.93. The van der Waals surface area contributed by atoms with Crippen LogP contribution >= 0.6 is 0 Å². The van der Waals surface area contributed by atoms with E-state index in [0.717, 1.165) is 57.1 Å². The van der Waals surface area contributed by atoms with Crippen LogP contribution in [0.3, 0.4) is 0 Å². The molecular weight excluding hydrogens is 554 g/mol. The van der Waals surface area contributed by atoms with Crippen LogP contribution in [-0.2, 0) is 16.0 Å². The monoisotopic (exact) mass is 590 g/mol. The summed E-state index contributed by atoms with van der Waals surface area (Å²) in [4.78, 5) is 28.8. The number of aldehydes is 1. The standard InChI is InChI=1S/C32H36F2N6O3/c33-23-16-22(17-24(34)19-23)15-21-1-4-29(35)28(18-21)31(36)38-32(42)27-3-2-26(40-9-7-39(8-10-40)11-12-41)20-30(27)37-25-5-13-43-14-6-25/h1-4,12,16-20,25,37H,5-11,13-15,35H2,(H2,36,38,42). The Bertz CT molecular complexity index is 1470. The van der Waals surface area contributed by atoms with Gasteiger partial charge in [-0.3, -0.25) is 15.1 Å². The van der Waals surface area contributed by atoms with Crippen LogP contribution in [0, 0.1) is 17.0 Å². The third-order valence-corrected chi connectivity index (χ3v) is 7.86. The van der Waals surface area contributed by atoms with Crippen molar-refractivity contribution in [2.24, 2.45) is 0 Å². The van der Waals surface area contributed by atoms with Crippen molar-refractivity contribution < 1.29 is 23.1 Å². The van der Waals surface area contributed by atoms with E-state index in [0.29, 0.717) is 53.4 Å². The van der Waals surface area contributed by atoms with Gasteiger partial charge in [0.25, 0.3) is 5.91 Å². The Balaban J connectivity index is 1.34. The molecule has 0 atom stereocenters. The molecule has 5 N–H and O–H groups in total. The molecule has 5 rings (SSSR count). The first kappa shape index (κ1) is 30.1. The van der Waals surface area contributed by atoms with Crippen molar-refractivity contribution >= 4 is 35.1 Å². The average molecular weight is 591 g/mol. The summed E-state index contributed by atoms with van der Waals surface area (Å²) in [5.74, 6) is -1.97. The van der Waals surface area contributed by atoms with Gasteiger partial charge >= 0.3 is 0 Å². The Morgan fingerprint density at radius 2 is 1.67 bits per heavy atom. The highest BCUT2D eigenvalue weighted by Crippen LogP contribution is 2.28. The minimum absolute atomic E-state index is 0.138. The minimum atomic E-state index is -0.665. The highest BCUT2D eigenvalue weighted by molar-refractivity contribution is 6.15. The highest BCUT2D eigenvalue weighted by Gasteiger charge is 2.22. The van der Waals surface area contributed by atoms with E-state index in [-0.39, 0.29) is 18.3 Å². The average Bonchev–Trinajstić information content (AvgIpc) is 2.98. The molecule has 0 radical (unpaired) electrons. The Morgan fingerprint density at radius 3 is 2.37 bits per heavy atom. The number of amidine groups is 1. The Kier molecular flexibility index (Phi) is 9.63. The number of ether oxygens (including phenoxy) is 1. The summed E-state index contributed by atoms with van der Waals surface area (Å²) >= 11 is 0. The number of nitrogen functional groups attached to an aromatic ring is 1. The van der Waals surface area contributed by atoms with E-state index >= 15 is 0 Å². The number of nitrogens with zero attached hydrogens (tertiary/aromatic N) is 2.